The van der Waals surface area contributed by atoms with Gasteiger partial charge in [-0.15, -0.1) is 0 Å². The summed E-state index contributed by atoms with van der Waals surface area (Å²) < 4.78 is 1.72. The van der Waals surface area contributed by atoms with Crippen molar-refractivity contribution in [2.45, 2.75) is 52.5 Å². The van der Waals surface area contributed by atoms with Gasteiger partial charge in [0.05, 0.1) is 0 Å². The smallest absolute Gasteiger partial charge is 0.271 e. The first-order valence-electron chi connectivity index (χ1n) is 10.5. The van der Waals surface area contributed by atoms with Crippen LogP contribution in [0.2, 0.25) is 0 Å². The van der Waals surface area contributed by atoms with Gasteiger partial charge in [0.15, 0.2) is 0 Å². The Balaban J connectivity index is 1.41. The molecule has 1 aromatic carbocycles. The summed E-state index contributed by atoms with van der Waals surface area (Å²) in [7, 11) is 1.85. The Morgan fingerprint density at radius 3 is 2.39 bits per heavy atom. The van der Waals surface area contributed by atoms with Crippen LogP contribution in [0.25, 0.3) is 0 Å². The fraction of sp³-hybridized carbons (Fsp3) is 0.565. The zero-order valence-electron chi connectivity index (χ0n) is 17.7. The fourth-order valence-electron chi connectivity index (χ4n) is 3.93. The summed E-state index contributed by atoms with van der Waals surface area (Å²) in [5.74, 6) is 0.704. The van der Waals surface area contributed by atoms with Gasteiger partial charge in [-0.05, 0) is 82.7 Å². The van der Waals surface area contributed by atoms with Crippen LogP contribution in [0.4, 0.5) is 0 Å². The Hall–Kier alpha value is -2.14. The second kappa shape index (κ2) is 9.37. The molecule has 1 N–H and O–H groups in total. The minimum Gasteiger partial charge on any atom is -0.350 e. The van der Waals surface area contributed by atoms with E-state index in [1.807, 2.05) is 20.0 Å². The van der Waals surface area contributed by atoms with E-state index in [9.17, 15) is 4.79 Å². The predicted molar refractivity (Wildman–Crippen MR) is 114 cm³/mol. The Bertz CT molecular complexity index is 751. The molecule has 3 rings (SSSR count). The van der Waals surface area contributed by atoms with Crippen molar-refractivity contribution in [1.82, 2.24) is 20.0 Å². The second-order valence-corrected chi connectivity index (χ2v) is 8.39. The lowest BCUT2D eigenvalue weighted by atomic mass is 9.89. The summed E-state index contributed by atoms with van der Waals surface area (Å²) in [5.41, 5.74) is 4.16. The summed E-state index contributed by atoms with van der Waals surface area (Å²) in [4.78, 5) is 14.7. The summed E-state index contributed by atoms with van der Waals surface area (Å²) in [5, 5.41) is 7.18. The van der Waals surface area contributed by atoms with Gasteiger partial charge >= 0.3 is 0 Å². The van der Waals surface area contributed by atoms with E-state index in [-0.39, 0.29) is 5.91 Å². The largest absolute Gasteiger partial charge is 0.350 e. The molecule has 0 unspecified atom stereocenters. The molecule has 0 radical (unpaired) electrons. The van der Waals surface area contributed by atoms with Gasteiger partial charge in [-0.2, -0.15) is 5.10 Å². The van der Waals surface area contributed by atoms with Crippen molar-refractivity contribution in [3.8, 4) is 0 Å². The molecule has 1 aromatic heterocycles. The standard InChI is InChI=1S/C23H34N4O/c1-17(2)27-13-10-21(11-14-27)16-20-7-5-19(6-8-20)9-12-24-23(28)22-15-18(3)26(4)25-22/h5-8,15,17,21H,9-14,16H2,1-4H3,(H,24,28). The minimum atomic E-state index is -0.104. The number of rotatable bonds is 7. The van der Waals surface area contributed by atoms with E-state index in [0.717, 1.165) is 18.0 Å². The maximum absolute atomic E-state index is 12.2. The number of aromatic nitrogens is 2. The molecule has 2 aromatic rings. The van der Waals surface area contributed by atoms with Crippen LogP contribution >= 0.6 is 0 Å². The molecule has 1 aliphatic rings. The Labute approximate surface area is 169 Å². The molecule has 0 bridgehead atoms. The lowest BCUT2D eigenvalue weighted by molar-refractivity contribution is 0.0948. The summed E-state index contributed by atoms with van der Waals surface area (Å²) in [6, 6.07) is 11.4. The molecule has 5 nitrogen and oxygen atoms in total. The molecule has 0 aliphatic carbocycles. The van der Waals surface area contributed by atoms with Crippen LogP contribution < -0.4 is 5.32 Å². The van der Waals surface area contributed by atoms with Gasteiger partial charge in [-0.3, -0.25) is 9.48 Å². The lowest BCUT2D eigenvalue weighted by Gasteiger charge is -2.34. The molecule has 0 saturated carbocycles. The number of benzene rings is 1. The SMILES string of the molecule is Cc1cc(C(=O)NCCc2ccc(CC3CCN(C(C)C)CC3)cc2)nn1C. The van der Waals surface area contributed by atoms with Gasteiger partial charge in [0.2, 0.25) is 0 Å². The van der Waals surface area contributed by atoms with Crippen LogP contribution in [0.1, 0.15) is 54.0 Å². The van der Waals surface area contributed by atoms with Crippen molar-refractivity contribution in [3.63, 3.8) is 0 Å². The molecule has 1 saturated heterocycles. The van der Waals surface area contributed by atoms with Crippen molar-refractivity contribution in [1.29, 1.82) is 0 Å². The number of carbonyl (C=O) groups excluding carboxylic acids is 1. The highest BCUT2D eigenvalue weighted by Crippen LogP contribution is 2.23. The number of nitrogens with zero attached hydrogens (tertiary/aromatic N) is 3. The van der Waals surface area contributed by atoms with Gasteiger partial charge in [0.1, 0.15) is 5.69 Å². The van der Waals surface area contributed by atoms with Crippen molar-refractivity contribution >= 4 is 5.91 Å². The molecule has 5 heteroatoms. The second-order valence-electron chi connectivity index (χ2n) is 8.39. The van der Waals surface area contributed by atoms with Crippen LogP contribution in [-0.4, -0.2) is 46.3 Å². The highest BCUT2D eigenvalue weighted by atomic mass is 16.1. The van der Waals surface area contributed by atoms with Gasteiger partial charge < -0.3 is 10.2 Å². The average molecular weight is 383 g/mol. The third kappa shape index (κ3) is 5.44. The number of hydrogen-bond acceptors (Lipinski definition) is 3. The molecule has 152 valence electrons. The lowest BCUT2D eigenvalue weighted by Crippen LogP contribution is -2.38. The molecule has 28 heavy (non-hydrogen) atoms. The molecule has 1 amide bonds. The van der Waals surface area contributed by atoms with Gasteiger partial charge in [0.25, 0.3) is 5.91 Å². The molecule has 0 atom stereocenters. The van der Waals surface area contributed by atoms with Crippen LogP contribution in [-0.2, 0) is 19.9 Å². The van der Waals surface area contributed by atoms with Crippen LogP contribution in [0.5, 0.6) is 0 Å². The summed E-state index contributed by atoms with van der Waals surface area (Å²) in [6.07, 6.45) is 4.63. The Morgan fingerprint density at radius 2 is 1.82 bits per heavy atom. The monoisotopic (exact) mass is 382 g/mol. The van der Waals surface area contributed by atoms with Crippen molar-refractivity contribution < 1.29 is 4.79 Å². The van der Waals surface area contributed by atoms with E-state index < -0.39 is 0 Å². The third-order valence-corrected chi connectivity index (χ3v) is 5.97. The van der Waals surface area contributed by atoms with Crippen LogP contribution in [0, 0.1) is 12.8 Å². The van der Waals surface area contributed by atoms with Gasteiger partial charge in [-0.25, -0.2) is 0 Å². The zero-order valence-corrected chi connectivity index (χ0v) is 17.7. The summed E-state index contributed by atoms with van der Waals surface area (Å²) in [6.45, 7) is 9.62. The summed E-state index contributed by atoms with van der Waals surface area (Å²) >= 11 is 0. The quantitative estimate of drug-likeness (QED) is 0.799. The first-order chi connectivity index (χ1) is 13.4. The van der Waals surface area contributed by atoms with E-state index in [1.165, 1.54) is 43.5 Å². The normalized spacial score (nSPS) is 15.9. The average Bonchev–Trinajstić information content (AvgIpc) is 3.02. The molecule has 2 heterocycles. The number of carbonyl (C=O) groups is 1. The molecular weight excluding hydrogens is 348 g/mol. The number of likely N-dealkylation sites (tertiary alicyclic amines) is 1. The number of nitrogens with one attached hydrogen (secondary N) is 1. The van der Waals surface area contributed by atoms with Gasteiger partial charge in [-0.1, -0.05) is 24.3 Å². The van der Waals surface area contributed by atoms with Crippen molar-refractivity contribution in [3.05, 3.63) is 52.8 Å². The van der Waals surface area contributed by atoms with E-state index in [2.05, 4.69) is 53.4 Å². The number of hydrogen-bond donors (Lipinski definition) is 1. The maximum Gasteiger partial charge on any atom is 0.271 e. The molecular formula is C23H34N4O. The number of aryl methyl sites for hydroxylation is 2. The van der Waals surface area contributed by atoms with E-state index in [0.29, 0.717) is 18.3 Å². The maximum atomic E-state index is 12.2. The zero-order chi connectivity index (χ0) is 20.1. The minimum absolute atomic E-state index is 0.104. The highest BCUT2D eigenvalue weighted by Gasteiger charge is 2.20. The van der Waals surface area contributed by atoms with Gasteiger partial charge in [0, 0.05) is 25.3 Å². The van der Waals surface area contributed by atoms with Crippen LogP contribution in [0.3, 0.4) is 0 Å². The first-order valence-corrected chi connectivity index (χ1v) is 10.5. The van der Waals surface area contributed by atoms with E-state index in [4.69, 9.17) is 0 Å². The number of piperidine rings is 1. The predicted octanol–water partition coefficient (Wildman–Crippen LogP) is 3.36. The van der Waals surface area contributed by atoms with Crippen molar-refractivity contribution in [2.75, 3.05) is 19.6 Å². The number of amides is 1. The third-order valence-electron chi connectivity index (χ3n) is 5.97. The van der Waals surface area contributed by atoms with Crippen molar-refractivity contribution in [2.24, 2.45) is 13.0 Å². The topological polar surface area (TPSA) is 50.2 Å². The Kier molecular flexibility index (Phi) is 6.89. The molecule has 1 fully saturated rings. The van der Waals surface area contributed by atoms with Crippen LogP contribution in [0.15, 0.2) is 30.3 Å². The fourth-order valence-corrected chi connectivity index (χ4v) is 3.93. The first kappa shape index (κ1) is 20.6. The molecule has 1 aliphatic heterocycles. The highest BCUT2D eigenvalue weighted by molar-refractivity contribution is 5.92. The Morgan fingerprint density at radius 1 is 1.18 bits per heavy atom. The molecule has 0 spiro atoms. The van der Waals surface area contributed by atoms with E-state index >= 15 is 0 Å². The van der Waals surface area contributed by atoms with E-state index in [1.54, 1.807) is 4.68 Å².